The summed E-state index contributed by atoms with van der Waals surface area (Å²) in [4.78, 5) is 6.70. The maximum absolute atomic E-state index is 8.61. The van der Waals surface area contributed by atoms with Gasteiger partial charge < -0.3 is 0 Å². The third-order valence-corrected chi connectivity index (χ3v) is 1.63. The first-order valence-electron chi connectivity index (χ1n) is 4.41. The second-order valence-corrected chi connectivity index (χ2v) is 2.71. The van der Waals surface area contributed by atoms with Crippen LogP contribution in [0.15, 0.2) is 29.4 Å². The van der Waals surface area contributed by atoms with E-state index in [1.807, 2.05) is 18.2 Å². The molecule has 0 bridgehead atoms. The number of pyridine rings is 1. The van der Waals surface area contributed by atoms with Gasteiger partial charge in [0.15, 0.2) is 0 Å². The number of nitrogens with zero attached hydrogens (tertiary/aromatic N) is 5. The highest BCUT2D eigenvalue weighted by atomic mass is 15.1. The van der Waals surface area contributed by atoms with Crippen molar-refractivity contribution < 1.29 is 0 Å². The zero-order valence-corrected chi connectivity index (χ0v) is 8.04. The minimum atomic E-state index is 0.396. The van der Waals surface area contributed by atoms with Crippen molar-refractivity contribution >= 4 is 6.08 Å². The molecule has 74 valence electrons. The van der Waals surface area contributed by atoms with Crippen molar-refractivity contribution in [2.75, 3.05) is 6.54 Å². The molecule has 0 aliphatic rings. The van der Waals surface area contributed by atoms with Crippen LogP contribution in [0.5, 0.6) is 0 Å². The number of aromatic nitrogens is 1. The van der Waals surface area contributed by atoms with Gasteiger partial charge in [-0.1, -0.05) is 17.3 Å². The molecule has 0 aromatic carbocycles. The molecule has 0 aliphatic heterocycles. The Labute approximate surface area is 87.3 Å². The fourth-order valence-corrected chi connectivity index (χ4v) is 0.988. The maximum Gasteiger partial charge on any atom is 0.141 e. The molecule has 0 aliphatic carbocycles. The number of azide groups is 1. The van der Waals surface area contributed by atoms with Crippen LogP contribution in [0.25, 0.3) is 16.5 Å². The zero-order chi connectivity index (χ0) is 10.9. The van der Waals surface area contributed by atoms with E-state index in [2.05, 4.69) is 15.0 Å². The molecule has 1 aromatic heterocycles. The van der Waals surface area contributed by atoms with Gasteiger partial charge in [-0.15, -0.1) is 0 Å². The van der Waals surface area contributed by atoms with Gasteiger partial charge in [-0.05, 0) is 30.2 Å². The van der Waals surface area contributed by atoms with Gasteiger partial charge in [0.2, 0.25) is 0 Å². The summed E-state index contributed by atoms with van der Waals surface area (Å²) in [7, 11) is 0. The van der Waals surface area contributed by atoms with E-state index < -0.39 is 0 Å². The largest absolute Gasteiger partial charge is 0.238 e. The Balaban J connectivity index is 2.57. The predicted octanol–water partition coefficient (Wildman–Crippen LogP) is 2.67. The summed E-state index contributed by atoms with van der Waals surface area (Å²) in [5.74, 6) is 0. The molecule has 1 rings (SSSR count). The van der Waals surface area contributed by atoms with E-state index >= 15 is 0 Å². The van der Waals surface area contributed by atoms with Crippen LogP contribution in [0.4, 0.5) is 0 Å². The normalized spacial score (nSPS) is 9.53. The zero-order valence-electron chi connectivity index (χ0n) is 8.04. The lowest BCUT2D eigenvalue weighted by molar-refractivity contribution is 0.995. The van der Waals surface area contributed by atoms with Crippen LogP contribution in [0.1, 0.15) is 17.8 Å². The SMILES string of the molecule is N#Cc1cccc(C=CCCN=[N+]=[N-])n1. The van der Waals surface area contributed by atoms with Gasteiger partial charge in [0.1, 0.15) is 11.8 Å². The molecule has 0 saturated heterocycles. The molecule has 15 heavy (non-hydrogen) atoms. The van der Waals surface area contributed by atoms with Crippen LogP contribution in [-0.2, 0) is 0 Å². The van der Waals surface area contributed by atoms with Crippen molar-refractivity contribution in [2.24, 2.45) is 5.11 Å². The first-order chi connectivity index (χ1) is 7.36. The van der Waals surface area contributed by atoms with Crippen molar-refractivity contribution in [3.05, 3.63) is 46.1 Å². The highest BCUT2D eigenvalue weighted by molar-refractivity contribution is 5.45. The van der Waals surface area contributed by atoms with E-state index in [0.717, 1.165) is 5.69 Å². The lowest BCUT2D eigenvalue weighted by Crippen LogP contribution is -1.84. The monoisotopic (exact) mass is 199 g/mol. The molecule has 0 N–H and O–H groups in total. The topological polar surface area (TPSA) is 85.4 Å². The molecule has 0 saturated carbocycles. The highest BCUT2D eigenvalue weighted by Crippen LogP contribution is 2.01. The molecule has 0 fully saturated rings. The fraction of sp³-hybridized carbons (Fsp3) is 0.200. The standard InChI is InChI=1S/C10H9N5/c11-8-10-6-3-5-9(14-10)4-1-2-7-13-15-12/h1,3-6H,2,7H2. The lowest BCUT2D eigenvalue weighted by atomic mass is 10.2. The number of rotatable bonds is 4. The number of hydrogen-bond donors (Lipinski definition) is 0. The number of nitriles is 1. The van der Waals surface area contributed by atoms with Gasteiger partial charge in [-0.25, -0.2) is 4.98 Å². The Kier molecular flexibility index (Phi) is 4.44. The second kappa shape index (κ2) is 6.19. The van der Waals surface area contributed by atoms with Gasteiger partial charge in [0.25, 0.3) is 0 Å². The van der Waals surface area contributed by atoms with E-state index in [-0.39, 0.29) is 0 Å². The second-order valence-electron chi connectivity index (χ2n) is 2.71. The Morgan fingerprint density at radius 1 is 1.60 bits per heavy atom. The van der Waals surface area contributed by atoms with Crippen molar-refractivity contribution in [1.82, 2.24) is 4.98 Å². The molecule has 5 heteroatoms. The Morgan fingerprint density at radius 2 is 2.47 bits per heavy atom. The van der Waals surface area contributed by atoms with Crippen molar-refractivity contribution in [3.63, 3.8) is 0 Å². The van der Waals surface area contributed by atoms with Crippen LogP contribution in [0.2, 0.25) is 0 Å². The van der Waals surface area contributed by atoms with Gasteiger partial charge in [-0.2, -0.15) is 5.26 Å². The van der Waals surface area contributed by atoms with Crippen LogP contribution in [-0.4, -0.2) is 11.5 Å². The van der Waals surface area contributed by atoms with Crippen molar-refractivity contribution in [3.8, 4) is 6.07 Å². The summed E-state index contributed by atoms with van der Waals surface area (Å²) in [5, 5.41) is 12.0. The number of hydrogen-bond acceptors (Lipinski definition) is 3. The minimum absolute atomic E-state index is 0.396. The summed E-state index contributed by atoms with van der Waals surface area (Å²) in [6, 6.07) is 7.20. The first kappa shape index (κ1) is 10.8. The van der Waals surface area contributed by atoms with Crippen LogP contribution in [0.3, 0.4) is 0 Å². The summed E-state index contributed by atoms with van der Waals surface area (Å²) < 4.78 is 0. The molecular weight excluding hydrogens is 190 g/mol. The Bertz CT molecular complexity index is 437. The third kappa shape index (κ3) is 3.94. The summed E-state index contributed by atoms with van der Waals surface area (Å²) in [6.45, 7) is 0.435. The van der Waals surface area contributed by atoms with Crippen LogP contribution >= 0.6 is 0 Å². The summed E-state index contributed by atoms with van der Waals surface area (Å²) >= 11 is 0. The molecular formula is C10H9N5. The predicted molar refractivity (Wildman–Crippen MR) is 56.6 cm³/mol. The molecule has 5 nitrogen and oxygen atoms in total. The maximum atomic E-state index is 8.61. The minimum Gasteiger partial charge on any atom is -0.238 e. The van der Waals surface area contributed by atoms with Gasteiger partial charge in [0, 0.05) is 11.5 Å². The lowest BCUT2D eigenvalue weighted by Gasteiger charge is -1.92. The molecule has 0 atom stereocenters. The molecule has 0 unspecified atom stereocenters. The molecule has 1 heterocycles. The molecule has 1 aromatic rings. The summed E-state index contributed by atoms with van der Waals surface area (Å²) in [5.41, 5.74) is 9.16. The average molecular weight is 199 g/mol. The van der Waals surface area contributed by atoms with Gasteiger partial charge in [-0.3, -0.25) is 0 Å². The molecule has 0 radical (unpaired) electrons. The molecule has 0 amide bonds. The van der Waals surface area contributed by atoms with E-state index in [0.29, 0.717) is 18.7 Å². The summed E-state index contributed by atoms with van der Waals surface area (Å²) in [6.07, 6.45) is 4.33. The van der Waals surface area contributed by atoms with E-state index in [1.165, 1.54) is 0 Å². The van der Waals surface area contributed by atoms with E-state index in [1.54, 1.807) is 18.2 Å². The van der Waals surface area contributed by atoms with Crippen molar-refractivity contribution in [1.29, 1.82) is 5.26 Å². The Morgan fingerprint density at radius 3 is 3.20 bits per heavy atom. The van der Waals surface area contributed by atoms with E-state index in [9.17, 15) is 0 Å². The van der Waals surface area contributed by atoms with E-state index in [4.69, 9.17) is 10.8 Å². The van der Waals surface area contributed by atoms with Gasteiger partial charge >= 0.3 is 0 Å². The average Bonchev–Trinajstić information content (AvgIpc) is 2.29. The van der Waals surface area contributed by atoms with Crippen molar-refractivity contribution in [2.45, 2.75) is 6.42 Å². The Hall–Kier alpha value is -2.31. The first-order valence-corrected chi connectivity index (χ1v) is 4.41. The third-order valence-electron chi connectivity index (χ3n) is 1.63. The quantitative estimate of drug-likeness (QED) is 0.323. The fourth-order valence-electron chi connectivity index (χ4n) is 0.988. The molecule has 0 spiro atoms. The smallest absolute Gasteiger partial charge is 0.141 e. The highest BCUT2D eigenvalue weighted by Gasteiger charge is 1.91. The van der Waals surface area contributed by atoms with Gasteiger partial charge in [0.05, 0.1) is 5.69 Å². The van der Waals surface area contributed by atoms with Crippen LogP contribution < -0.4 is 0 Å². The van der Waals surface area contributed by atoms with Crippen LogP contribution in [0, 0.1) is 11.3 Å².